The Balaban J connectivity index is 2.37. The number of aromatic nitrogens is 1. The number of hydrogen-bond donors (Lipinski definition) is 1. The highest BCUT2D eigenvalue weighted by Gasteiger charge is 2.52. The van der Waals surface area contributed by atoms with Crippen LogP contribution in [0.4, 0.5) is 0 Å². The van der Waals surface area contributed by atoms with E-state index in [0.29, 0.717) is 5.46 Å². The Labute approximate surface area is 148 Å². The summed E-state index contributed by atoms with van der Waals surface area (Å²) in [6.07, 6.45) is 1.48. The van der Waals surface area contributed by atoms with E-state index in [1.165, 1.54) is 26.3 Å². The first kappa shape index (κ1) is 19.7. The number of carbonyl (C=O) groups is 1. The van der Waals surface area contributed by atoms with Crippen LogP contribution in [0.2, 0.25) is 0 Å². The van der Waals surface area contributed by atoms with Crippen molar-refractivity contribution in [3.05, 3.63) is 17.8 Å². The molecular weight excluding hydrogens is 347 g/mol. The minimum absolute atomic E-state index is 0.00765. The van der Waals surface area contributed by atoms with Gasteiger partial charge >= 0.3 is 7.12 Å². The highest BCUT2D eigenvalue weighted by Crippen LogP contribution is 2.36. The van der Waals surface area contributed by atoms with E-state index in [4.69, 9.17) is 14.0 Å². The molecule has 0 radical (unpaired) electrons. The Bertz CT molecular complexity index is 762. The van der Waals surface area contributed by atoms with Gasteiger partial charge in [-0.2, -0.15) is 0 Å². The molecule has 0 atom stereocenters. The van der Waals surface area contributed by atoms with Crippen molar-refractivity contribution < 1.29 is 27.3 Å². The summed E-state index contributed by atoms with van der Waals surface area (Å²) in [7, 11) is -3.08. The summed E-state index contributed by atoms with van der Waals surface area (Å²) in [6, 6.07) is 1.47. The molecule has 1 aliphatic heterocycles. The zero-order valence-corrected chi connectivity index (χ0v) is 16.1. The fourth-order valence-corrected chi connectivity index (χ4v) is 2.71. The Morgan fingerprint density at radius 2 is 1.84 bits per heavy atom. The van der Waals surface area contributed by atoms with E-state index < -0.39 is 34.3 Å². The molecule has 1 amide bonds. The Kier molecular flexibility index (Phi) is 5.18. The van der Waals surface area contributed by atoms with Crippen molar-refractivity contribution in [2.75, 3.05) is 12.9 Å². The maximum atomic E-state index is 12.3. The van der Waals surface area contributed by atoms with Gasteiger partial charge in [-0.05, 0) is 40.7 Å². The van der Waals surface area contributed by atoms with Crippen molar-refractivity contribution in [1.29, 1.82) is 0 Å². The maximum Gasteiger partial charge on any atom is 0.496 e. The van der Waals surface area contributed by atoms with Gasteiger partial charge in [0.1, 0.15) is 5.56 Å². The van der Waals surface area contributed by atoms with Gasteiger partial charge in [-0.25, -0.2) is 18.1 Å². The fraction of sp³-hybridized carbons (Fsp3) is 0.600. The quantitative estimate of drug-likeness (QED) is 0.752. The second-order valence-corrected chi connectivity index (χ2v) is 8.76. The molecular formula is C15H23BN2O6S. The molecule has 2 rings (SSSR count). The highest BCUT2D eigenvalue weighted by molar-refractivity contribution is 7.90. The first-order chi connectivity index (χ1) is 11.4. The number of methoxy groups -OCH3 is 1. The molecule has 138 valence electrons. The molecule has 1 N–H and O–H groups in total. The fourth-order valence-electron chi connectivity index (χ4n) is 2.17. The lowest BCUT2D eigenvalue weighted by atomic mass is 9.79. The van der Waals surface area contributed by atoms with Gasteiger partial charge in [0.25, 0.3) is 5.91 Å². The van der Waals surface area contributed by atoms with E-state index in [0.717, 1.165) is 0 Å². The standard InChI is InChI=1S/C15H23BN2O6S/c1-7-25(20,21)18-12(19)11-8-10(9-17-13(11)22-6)16-23-14(2,3)15(4,5)24-16/h8-9H,7H2,1-6H3,(H,18,19). The number of pyridine rings is 1. The lowest BCUT2D eigenvalue weighted by molar-refractivity contribution is 0.00578. The van der Waals surface area contributed by atoms with Crippen molar-refractivity contribution in [2.24, 2.45) is 0 Å². The first-order valence-electron chi connectivity index (χ1n) is 7.87. The van der Waals surface area contributed by atoms with E-state index >= 15 is 0 Å². The van der Waals surface area contributed by atoms with Gasteiger partial charge in [-0.15, -0.1) is 0 Å². The minimum Gasteiger partial charge on any atom is -0.480 e. The maximum absolute atomic E-state index is 12.3. The molecule has 0 spiro atoms. The molecule has 1 saturated heterocycles. The molecule has 0 unspecified atom stereocenters. The van der Waals surface area contributed by atoms with Crippen molar-refractivity contribution in [3.8, 4) is 5.88 Å². The normalized spacial score (nSPS) is 18.9. The zero-order valence-electron chi connectivity index (χ0n) is 15.2. The molecule has 1 aromatic rings. The summed E-state index contributed by atoms with van der Waals surface area (Å²) in [6.45, 7) is 9.07. The smallest absolute Gasteiger partial charge is 0.480 e. The number of sulfonamides is 1. The second-order valence-electron chi connectivity index (χ2n) is 6.75. The van der Waals surface area contributed by atoms with E-state index in [1.807, 2.05) is 32.4 Å². The summed E-state index contributed by atoms with van der Waals surface area (Å²) < 4.78 is 42.2. The van der Waals surface area contributed by atoms with Crippen LogP contribution in [0.15, 0.2) is 12.3 Å². The number of rotatable bonds is 5. The highest BCUT2D eigenvalue weighted by atomic mass is 32.2. The third-order valence-electron chi connectivity index (χ3n) is 4.46. The van der Waals surface area contributed by atoms with Crippen molar-refractivity contribution in [1.82, 2.24) is 9.71 Å². The average molecular weight is 370 g/mol. The zero-order chi connectivity index (χ0) is 19.0. The molecule has 2 heterocycles. The van der Waals surface area contributed by atoms with Gasteiger partial charge < -0.3 is 14.0 Å². The summed E-state index contributed by atoms with van der Waals surface area (Å²) >= 11 is 0. The molecule has 1 aliphatic rings. The molecule has 10 heteroatoms. The minimum atomic E-state index is -3.71. The van der Waals surface area contributed by atoms with Crippen LogP contribution in [0.25, 0.3) is 0 Å². The van der Waals surface area contributed by atoms with Crippen LogP contribution in [0.3, 0.4) is 0 Å². The molecule has 25 heavy (non-hydrogen) atoms. The molecule has 0 bridgehead atoms. The third-order valence-corrected chi connectivity index (χ3v) is 5.72. The van der Waals surface area contributed by atoms with E-state index in [1.54, 1.807) is 0 Å². The SMILES string of the molecule is CCS(=O)(=O)NC(=O)c1cc(B2OC(C)(C)C(C)(C)O2)cnc1OC. The predicted molar refractivity (Wildman–Crippen MR) is 93.4 cm³/mol. The van der Waals surface area contributed by atoms with Crippen LogP contribution in [0.1, 0.15) is 45.0 Å². The third kappa shape index (κ3) is 3.96. The molecule has 0 aromatic carbocycles. The van der Waals surface area contributed by atoms with Crippen LogP contribution in [0.5, 0.6) is 5.88 Å². The lowest BCUT2D eigenvalue weighted by Crippen LogP contribution is -2.41. The van der Waals surface area contributed by atoms with Gasteiger partial charge in [-0.3, -0.25) is 4.79 Å². The first-order valence-corrected chi connectivity index (χ1v) is 9.52. The number of ether oxygens (including phenoxy) is 1. The molecule has 0 saturated carbocycles. The van der Waals surface area contributed by atoms with Crippen LogP contribution in [-0.4, -0.2) is 50.5 Å². The molecule has 1 aromatic heterocycles. The van der Waals surface area contributed by atoms with Gasteiger partial charge in [0, 0.05) is 11.7 Å². The van der Waals surface area contributed by atoms with Gasteiger partial charge in [0.05, 0.1) is 24.1 Å². The molecule has 1 fully saturated rings. The predicted octanol–water partition coefficient (Wildman–Crippen LogP) is 0.469. The summed E-state index contributed by atoms with van der Waals surface area (Å²) in [5.74, 6) is -1.01. The lowest BCUT2D eigenvalue weighted by Gasteiger charge is -2.32. The number of amides is 1. The molecule has 0 aliphatic carbocycles. The van der Waals surface area contributed by atoms with Crippen molar-refractivity contribution >= 4 is 28.5 Å². The van der Waals surface area contributed by atoms with Crippen LogP contribution in [-0.2, 0) is 19.3 Å². The topological polar surface area (TPSA) is 104 Å². The summed E-state index contributed by atoms with van der Waals surface area (Å²) in [5.41, 5.74) is -0.609. The number of hydrogen-bond acceptors (Lipinski definition) is 7. The Morgan fingerprint density at radius 1 is 1.28 bits per heavy atom. The van der Waals surface area contributed by atoms with Crippen LogP contribution >= 0.6 is 0 Å². The monoisotopic (exact) mass is 370 g/mol. The second kappa shape index (κ2) is 6.58. The van der Waals surface area contributed by atoms with E-state index in [-0.39, 0.29) is 17.2 Å². The number of nitrogens with one attached hydrogen (secondary N) is 1. The van der Waals surface area contributed by atoms with E-state index in [2.05, 4.69) is 4.98 Å². The molecule has 8 nitrogen and oxygen atoms in total. The van der Waals surface area contributed by atoms with Crippen molar-refractivity contribution in [2.45, 2.75) is 45.8 Å². The summed E-state index contributed by atoms with van der Waals surface area (Å²) in [5, 5.41) is 0. The largest absolute Gasteiger partial charge is 0.496 e. The van der Waals surface area contributed by atoms with E-state index in [9.17, 15) is 13.2 Å². The Morgan fingerprint density at radius 3 is 2.32 bits per heavy atom. The van der Waals surface area contributed by atoms with Crippen LogP contribution in [0, 0.1) is 0 Å². The summed E-state index contributed by atoms with van der Waals surface area (Å²) in [4.78, 5) is 16.4. The van der Waals surface area contributed by atoms with Gasteiger partial charge in [-0.1, -0.05) is 0 Å². The van der Waals surface area contributed by atoms with Gasteiger partial charge in [0.2, 0.25) is 15.9 Å². The number of nitrogens with zero attached hydrogens (tertiary/aromatic N) is 1. The van der Waals surface area contributed by atoms with Crippen LogP contribution < -0.4 is 14.9 Å². The Hall–Kier alpha value is -1.65. The average Bonchev–Trinajstić information content (AvgIpc) is 2.74. The van der Waals surface area contributed by atoms with Crippen molar-refractivity contribution in [3.63, 3.8) is 0 Å². The van der Waals surface area contributed by atoms with Gasteiger partial charge in [0.15, 0.2) is 0 Å². The number of carbonyl (C=O) groups excluding carboxylic acids is 1.